The van der Waals surface area contributed by atoms with Gasteiger partial charge in [-0.05, 0) is 31.9 Å². The van der Waals surface area contributed by atoms with Crippen molar-refractivity contribution in [3.63, 3.8) is 0 Å². The SMILES string of the molecule is CCC(CO)NC(=O)C1CC1c1ccc(C)s1. The second kappa shape index (κ2) is 5.19. The monoisotopic (exact) mass is 253 g/mol. The van der Waals surface area contributed by atoms with Gasteiger partial charge in [0.15, 0.2) is 0 Å². The molecule has 3 unspecified atom stereocenters. The van der Waals surface area contributed by atoms with E-state index in [2.05, 4.69) is 24.4 Å². The second-order valence-corrected chi connectivity index (χ2v) is 6.01. The Morgan fingerprint density at radius 3 is 2.94 bits per heavy atom. The standard InChI is InChI=1S/C13H19NO2S/c1-3-9(7-15)14-13(16)11-6-10(11)12-5-4-8(2)17-12/h4-5,9-11,15H,3,6-7H2,1-2H3,(H,14,16). The Hall–Kier alpha value is -0.870. The van der Waals surface area contributed by atoms with E-state index in [0.29, 0.717) is 5.92 Å². The van der Waals surface area contributed by atoms with Crippen LogP contribution in [0, 0.1) is 12.8 Å². The zero-order valence-corrected chi connectivity index (χ0v) is 11.1. The van der Waals surface area contributed by atoms with Crippen LogP contribution in [0.1, 0.15) is 35.4 Å². The average Bonchev–Trinajstić information content (AvgIpc) is 3.02. The summed E-state index contributed by atoms with van der Waals surface area (Å²) in [6, 6.07) is 4.14. The van der Waals surface area contributed by atoms with E-state index in [4.69, 9.17) is 5.11 Å². The highest BCUT2D eigenvalue weighted by Gasteiger charge is 2.44. The highest BCUT2D eigenvalue weighted by Crippen LogP contribution is 2.49. The summed E-state index contributed by atoms with van der Waals surface area (Å²) in [5, 5.41) is 12.0. The van der Waals surface area contributed by atoms with E-state index in [1.807, 2.05) is 6.92 Å². The van der Waals surface area contributed by atoms with Crippen molar-refractivity contribution in [1.29, 1.82) is 0 Å². The predicted molar refractivity (Wildman–Crippen MR) is 69.2 cm³/mol. The lowest BCUT2D eigenvalue weighted by molar-refractivity contribution is -0.123. The number of aliphatic hydroxyl groups is 1. The topological polar surface area (TPSA) is 49.3 Å². The second-order valence-electron chi connectivity index (χ2n) is 4.69. The van der Waals surface area contributed by atoms with Gasteiger partial charge in [0.25, 0.3) is 0 Å². The Morgan fingerprint density at radius 2 is 2.41 bits per heavy atom. The van der Waals surface area contributed by atoms with Gasteiger partial charge in [-0.3, -0.25) is 4.79 Å². The third-order valence-electron chi connectivity index (χ3n) is 3.31. The number of thiophene rings is 1. The maximum Gasteiger partial charge on any atom is 0.224 e. The van der Waals surface area contributed by atoms with Crippen molar-refractivity contribution in [2.75, 3.05) is 6.61 Å². The predicted octanol–water partition coefficient (Wildman–Crippen LogP) is 2.05. The van der Waals surface area contributed by atoms with Crippen LogP contribution in [0.5, 0.6) is 0 Å². The minimum absolute atomic E-state index is 0.0255. The maximum atomic E-state index is 11.9. The van der Waals surface area contributed by atoms with Crippen molar-refractivity contribution < 1.29 is 9.90 Å². The molecule has 1 aliphatic carbocycles. The quantitative estimate of drug-likeness (QED) is 0.843. The minimum Gasteiger partial charge on any atom is -0.394 e. The lowest BCUT2D eigenvalue weighted by atomic mass is 10.2. The number of carbonyl (C=O) groups excluding carboxylic acids is 1. The van der Waals surface area contributed by atoms with E-state index >= 15 is 0 Å². The van der Waals surface area contributed by atoms with E-state index in [0.717, 1.165) is 12.8 Å². The number of aliphatic hydroxyl groups excluding tert-OH is 1. The minimum atomic E-state index is -0.0891. The molecule has 2 N–H and O–H groups in total. The molecule has 4 heteroatoms. The summed E-state index contributed by atoms with van der Waals surface area (Å²) < 4.78 is 0. The first-order valence-corrected chi connectivity index (χ1v) is 6.95. The van der Waals surface area contributed by atoms with Crippen LogP contribution in [0.15, 0.2) is 12.1 Å². The van der Waals surface area contributed by atoms with E-state index in [1.54, 1.807) is 11.3 Å². The zero-order valence-electron chi connectivity index (χ0n) is 10.3. The number of amides is 1. The molecule has 0 saturated heterocycles. The first kappa shape index (κ1) is 12.6. The number of nitrogens with one attached hydrogen (secondary N) is 1. The molecule has 3 atom stereocenters. The fourth-order valence-corrected chi connectivity index (χ4v) is 3.09. The summed E-state index contributed by atoms with van der Waals surface area (Å²) in [6.07, 6.45) is 1.73. The fraction of sp³-hybridized carbons (Fsp3) is 0.615. The van der Waals surface area contributed by atoms with Gasteiger partial charge in [0.05, 0.1) is 12.6 Å². The van der Waals surface area contributed by atoms with E-state index in [-0.39, 0.29) is 24.5 Å². The molecule has 0 aliphatic heterocycles. The normalized spacial score (nSPS) is 24.4. The Bertz CT molecular complexity index is 398. The van der Waals surface area contributed by atoms with Gasteiger partial charge < -0.3 is 10.4 Å². The van der Waals surface area contributed by atoms with Gasteiger partial charge in [-0.1, -0.05) is 6.92 Å². The number of aryl methyl sites for hydroxylation is 1. The van der Waals surface area contributed by atoms with Gasteiger partial charge in [0, 0.05) is 21.6 Å². The molecule has 0 aromatic carbocycles. The van der Waals surface area contributed by atoms with Crippen LogP contribution in [-0.4, -0.2) is 23.7 Å². The van der Waals surface area contributed by atoms with Crippen molar-refractivity contribution in [2.45, 2.75) is 38.6 Å². The largest absolute Gasteiger partial charge is 0.394 e. The number of carbonyl (C=O) groups is 1. The first-order chi connectivity index (χ1) is 8.15. The summed E-state index contributed by atoms with van der Waals surface area (Å²) in [5.74, 6) is 0.625. The summed E-state index contributed by atoms with van der Waals surface area (Å²) in [4.78, 5) is 14.5. The van der Waals surface area contributed by atoms with Crippen LogP contribution >= 0.6 is 11.3 Å². The van der Waals surface area contributed by atoms with Crippen LogP contribution in [-0.2, 0) is 4.79 Å². The summed E-state index contributed by atoms with van der Waals surface area (Å²) in [7, 11) is 0. The zero-order chi connectivity index (χ0) is 12.4. The molecule has 2 rings (SSSR count). The van der Waals surface area contributed by atoms with Crippen molar-refractivity contribution in [3.8, 4) is 0 Å². The van der Waals surface area contributed by atoms with Gasteiger partial charge in [-0.25, -0.2) is 0 Å². The molecule has 0 radical (unpaired) electrons. The third kappa shape index (κ3) is 2.87. The van der Waals surface area contributed by atoms with Crippen LogP contribution in [0.4, 0.5) is 0 Å². The lowest BCUT2D eigenvalue weighted by Crippen LogP contribution is -2.38. The van der Waals surface area contributed by atoms with E-state index in [9.17, 15) is 4.79 Å². The van der Waals surface area contributed by atoms with E-state index < -0.39 is 0 Å². The molecule has 1 aliphatic rings. The van der Waals surface area contributed by atoms with Crippen LogP contribution < -0.4 is 5.32 Å². The highest BCUT2D eigenvalue weighted by atomic mass is 32.1. The van der Waals surface area contributed by atoms with Crippen molar-refractivity contribution >= 4 is 17.2 Å². The lowest BCUT2D eigenvalue weighted by Gasteiger charge is -2.13. The third-order valence-corrected chi connectivity index (χ3v) is 4.45. The Kier molecular flexibility index (Phi) is 3.84. The van der Waals surface area contributed by atoms with Gasteiger partial charge in [-0.2, -0.15) is 0 Å². The summed E-state index contributed by atoms with van der Waals surface area (Å²) >= 11 is 1.78. The molecule has 0 bridgehead atoms. The number of rotatable bonds is 5. The fourth-order valence-electron chi connectivity index (χ4n) is 2.04. The molecule has 1 heterocycles. The molecular formula is C13H19NO2S. The first-order valence-electron chi connectivity index (χ1n) is 6.13. The summed E-state index contributed by atoms with van der Waals surface area (Å²) in [6.45, 7) is 4.08. The highest BCUT2D eigenvalue weighted by molar-refractivity contribution is 7.12. The van der Waals surface area contributed by atoms with Gasteiger partial charge in [-0.15, -0.1) is 11.3 Å². The molecular weight excluding hydrogens is 234 g/mol. The molecule has 17 heavy (non-hydrogen) atoms. The maximum absolute atomic E-state index is 11.9. The van der Waals surface area contributed by atoms with Crippen molar-refractivity contribution in [2.24, 2.45) is 5.92 Å². The van der Waals surface area contributed by atoms with Crippen LogP contribution in [0.3, 0.4) is 0 Å². The van der Waals surface area contributed by atoms with E-state index in [1.165, 1.54) is 9.75 Å². The Morgan fingerprint density at radius 1 is 1.65 bits per heavy atom. The molecule has 1 amide bonds. The molecule has 1 aromatic heterocycles. The van der Waals surface area contributed by atoms with Gasteiger partial charge >= 0.3 is 0 Å². The Balaban J connectivity index is 1.88. The van der Waals surface area contributed by atoms with Crippen molar-refractivity contribution in [3.05, 3.63) is 21.9 Å². The molecule has 3 nitrogen and oxygen atoms in total. The molecule has 1 aromatic rings. The van der Waals surface area contributed by atoms with Crippen molar-refractivity contribution in [1.82, 2.24) is 5.32 Å². The average molecular weight is 253 g/mol. The number of hydrogen-bond acceptors (Lipinski definition) is 3. The smallest absolute Gasteiger partial charge is 0.224 e. The molecule has 1 fully saturated rings. The van der Waals surface area contributed by atoms with Crippen LogP contribution in [0.25, 0.3) is 0 Å². The van der Waals surface area contributed by atoms with Gasteiger partial charge in [0.2, 0.25) is 5.91 Å². The summed E-state index contributed by atoms with van der Waals surface area (Å²) in [5.41, 5.74) is 0. The Labute approximate surface area is 106 Å². The van der Waals surface area contributed by atoms with Gasteiger partial charge in [0.1, 0.15) is 0 Å². The molecule has 94 valence electrons. The van der Waals surface area contributed by atoms with Crippen LogP contribution in [0.2, 0.25) is 0 Å². The molecule has 1 saturated carbocycles. The molecule has 0 spiro atoms. The number of hydrogen-bond donors (Lipinski definition) is 2.